The van der Waals surface area contributed by atoms with Gasteiger partial charge < -0.3 is 15.4 Å². The number of rotatable bonds is 2. The minimum atomic E-state index is 0.405. The Labute approximate surface area is 115 Å². The lowest BCUT2D eigenvalue weighted by atomic mass is 9.79. The number of ether oxygens (including phenoxy) is 1. The van der Waals surface area contributed by atoms with Crippen LogP contribution in [0.15, 0.2) is 12.3 Å². The summed E-state index contributed by atoms with van der Waals surface area (Å²) in [6.45, 7) is 4.28. The van der Waals surface area contributed by atoms with Crippen LogP contribution in [0, 0.1) is 18.8 Å². The highest BCUT2D eigenvalue weighted by Crippen LogP contribution is 2.40. The summed E-state index contributed by atoms with van der Waals surface area (Å²) < 4.78 is 5.46. The highest BCUT2D eigenvalue weighted by Gasteiger charge is 2.37. The lowest BCUT2D eigenvalue weighted by Gasteiger charge is -2.27. The van der Waals surface area contributed by atoms with E-state index in [2.05, 4.69) is 16.0 Å². The van der Waals surface area contributed by atoms with Gasteiger partial charge in [0, 0.05) is 24.8 Å². The van der Waals surface area contributed by atoms with Crippen molar-refractivity contribution in [2.75, 3.05) is 25.1 Å². The Bertz CT molecular complexity index is 463. The SMILES string of the molecule is COc1cnc(C)cc1N1C[C@H]2CCC(N)C[C@H]2C1. The fourth-order valence-corrected chi connectivity index (χ4v) is 3.60. The van der Waals surface area contributed by atoms with Crippen molar-refractivity contribution in [1.29, 1.82) is 0 Å². The maximum absolute atomic E-state index is 6.10. The number of aryl methyl sites for hydroxylation is 1. The summed E-state index contributed by atoms with van der Waals surface area (Å²) in [7, 11) is 1.72. The molecule has 1 saturated heterocycles. The van der Waals surface area contributed by atoms with E-state index in [1.54, 1.807) is 7.11 Å². The van der Waals surface area contributed by atoms with Gasteiger partial charge in [0.1, 0.15) is 0 Å². The van der Waals surface area contributed by atoms with Crippen LogP contribution in [0.25, 0.3) is 0 Å². The molecular formula is C15H23N3O. The molecule has 4 nitrogen and oxygen atoms in total. The Morgan fingerprint density at radius 3 is 2.89 bits per heavy atom. The second-order valence-corrected chi connectivity index (χ2v) is 6.00. The molecule has 0 radical (unpaired) electrons. The first kappa shape index (κ1) is 12.7. The molecular weight excluding hydrogens is 238 g/mol. The zero-order valence-corrected chi connectivity index (χ0v) is 11.8. The van der Waals surface area contributed by atoms with Crippen LogP contribution in [0.4, 0.5) is 5.69 Å². The summed E-state index contributed by atoms with van der Waals surface area (Å²) in [5.74, 6) is 2.44. The van der Waals surface area contributed by atoms with Gasteiger partial charge in [0.25, 0.3) is 0 Å². The lowest BCUT2D eigenvalue weighted by molar-refractivity contribution is 0.271. The molecule has 1 aliphatic heterocycles. The molecule has 2 fully saturated rings. The normalized spacial score (nSPS) is 30.3. The summed E-state index contributed by atoms with van der Waals surface area (Å²) in [5.41, 5.74) is 8.34. The Morgan fingerprint density at radius 1 is 1.32 bits per heavy atom. The van der Waals surface area contributed by atoms with E-state index in [1.165, 1.54) is 24.9 Å². The summed E-state index contributed by atoms with van der Waals surface area (Å²) in [4.78, 5) is 6.77. The molecule has 1 unspecified atom stereocenters. The number of hydrogen-bond acceptors (Lipinski definition) is 4. The van der Waals surface area contributed by atoms with Gasteiger partial charge in [-0.1, -0.05) is 0 Å². The third-order valence-electron chi connectivity index (χ3n) is 4.63. The van der Waals surface area contributed by atoms with E-state index in [1.807, 2.05) is 13.1 Å². The fraction of sp³-hybridized carbons (Fsp3) is 0.667. The van der Waals surface area contributed by atoms with E-state index in [0.717, 1.165) is 36.4 Å². The maximum Gasteiger partial charge on any atom is 0.160 e. The van der Waals surface area contributed by atoms with Crippen molar-refractivity contribution < 1.29 is 4.74 Å². The number of fused-ring (bicyclic) bond motifs is 1. The molecule has 1 aromatic rings. The summed E-state index contributed by atoms with van der Waals surface area (Å²) in [6.07, 6.45) is 5.46. The van der Waals surface area contributed by atoms with Gasteiger partial charge in [0.15, 0.2) is 5.75 Å². The van der Waals surface area contributed by atoms with Crippen LogP contribution in [0.3, 0.4) is 0 Å². The minimum Gasteiger partial charge on any atom is -0.493 e. The van der Waals surface area contributed by atoms with Crippen LogP contribution < -0.4 is 15.4 Å². The van der Waals surface area contributed by atoms with Gasteiger partial charge in [-0.2, -0.15) is 0 Å². The zero-order valence-electron chi connectivity index (χ0n) is 11.8. The van der Waals surface area contributed by atoms with Crippen molar-refractivity contribution in [1.82, 2.24) is 4.98 Å². The van der Waals surface area contributed by atoms with Gasteiger partial charge in [0.05, 0.1) is 19.0 Å². The standard InChI is InChI=1S/C15H23N3O/c1-10-5-14(15(19-2)7-17-10)18-8-11-3-4-13(16)6-12(11)9-18/h5,7,11-13H,3-4,6,8-9,16H2,1-2H3/t11-,12+,13?/m1/s1. The van der Waals surface area contributed by atoms with E-state index in [9.17, 15) is 0 Å². The third kappa shape index (κ3) is 2.41. The highest BCUT2D eigenvalue weighted by molar-refractivity contribution is 5.59. The predicted octanol–water partition coefficient (Wildman–Crippen LogP) is 1.96. The van der Waals surface area contributed by atoms with E-state index < -0.39 is 0 Å². The number of anilines is 1. The molecule has 3 atom stereocenters. The van der Waals surface area contributed by atoms with Gasteiger partial charge in [-0.3, -0.25) is 4.98 Å². The average Bonchev–Trinajstić information content (AvgIpc) is 2.81. The number of nitrogens with two attached hydrogens (primary N) is 1. The molecule has 19 heavy (non-hydrogen) atoms. The summed E-state index contributed by atoms with van der Waals surface area (Å²) >= 11 is 0. The quantitative estimate of drug-likeness (QED) is 0.884. The molecule has 0 spiro atoms. The van der Waals surface area contributed by atoms with Crippen LogP contribution in [-0.4, -0.2) is 31.2 Å². The molecule has 1 aromatic heterocycles. The number of hydrogen-bond donors (Lipinski definition) is 1. The highest BCUT2D eigenvalue weighted by atomic mass is 16.5. The van der Waals surface area contributed by atoms with Crippen LogP contribution in [0.1, 0.15) is 25.0 Å². The Balaban J connectivity index is 1.82. The topological polar surface area (TPSA) is 51.4 Å². The van der Waals surface area contributed by atoms with Gasteiger partial charge >= 0.3 is 0 Å². The van der Waals surface area contributed by atoms with Crippen LogP contribution in [0.5, 0.6) is 5.75 Å². The maximum atomic E-state index is 6.10. The molecule has 4 heteroatoms. The first-order valence-corrected chi connectivity index (χ1v) is 7.18. The number of aromatic nitrogens is 1. The Hall–Kier alpha value is -1.29. The second-order valence-electron chi connectivity index (χ2n) is 6.00. The van der Waals surface area contributed by atoms with Crippen LogP contribution >= 0.6 is 0 Å². The third-order valence-corrected chi connectivity index (χ3v) is 4.63. The van der Waals surface area contributed by atoms with Crippen molar-refractivity contribution in [3.8, 4) is 5.75 Å². The minimum absolute atomic E-state index is 0.405. The summed E-state index contributed by atoms with van der Waals surface area (Å²) in [5, 5.41) is 0. The molecule has 0 bridgehead atoms. The van der Waals surface area contributed by atoms with E-state index in [4.69, 9.17) is 10.5 Å². The lowest BCUT2D eigenvalue weighted by Crippen LogP contribution is -2.32. The number of pyridine rings is 1. The Kier molecular flexibility index (Phi) is 3.35. The van der Waals surface area contributed by atoms with E-state index >= 15 is 0 Å². The molecule has 2 heterocycles. The van der Waals surface area contributed by atoms with Crippen LogP contribution in [0.2, 0.25) is 0 Å². The molecule has 0 amide bonds. The molecule has 2 N–H and O–H groups in total. The predicted molar refractivity (Wildman–Crippen MR) is 76.5 cm³/mol. The molecule has 104 valence electrons. The van der Waals surface area contributed by atoms with Crippen molar-refractivity contribution >= 4 is 5.69 Å². The molecule has 2 aliphatic rings. The largest absolute Gasteiger partial charge is 0.493 e. The first-order valence-electron chi connectivity index (χ1n) is 7.18. The van der Waals surface area contributed by atoms with Crippen molar-refractivity contribution in [2.24, 2.45) is 17.6 Å². The molecule has 3 rings (SSSR count). The number of nitrogens with zero attached hydrogens (tertiary/aromatic N) is 2. The van der Waals surface area contributed by atoms with Gasteiger partial charge in [0.2, 0.25) is 0 Å². The molecule has 1 aliphatic carbocycles. The monoisotopic (exact) mass is 261 g/mol. The second kappa shape index (κ2) is 5.00. The fourth-order valence-electron chi connectivity index (χ4n) is 3.60. The van der Waals surface area contributed by atoms with Crippen LogP contribution in [-0.2, 0) is 0 Å². The number of methoxy groups -OCH3 is 1. The van der Waals surface area contributed by atoms with Gasteiger partial charge in [-0.05, 0) is 44.1 Å². The van der Waals surface area contributed by atoms with E-state index in [0.29, 0.717) is 6.04 Å². The van der Waals surface area contributed by atoms with Gasteiger partial charge in [-0.25, -0.2) is 0 Å². The van der Waals surface area contributed by atoms with Crippen molar-refractivity contribution in [3.63, 3.8) is 0 Å². The zero-order chi connectivity index (χ0) is 13.4. The van der Waals surface area contributed by atoms with E-state index in [-0.39, 0.29) is 0 Å². The smallest absolute Gasteiger partial charge is 0.160 e. The van der Waals surface area contributed by atoms with Crippen molar-refractivity contribution in [3.05, 3.63) is 18.0 Å². The molecule has 1 saturated carbocycles. The molecule has 0 aromatic carbocycles. The average molecular weight is 261 g/mol. The summed E-state index contributed by atoms with van der Waals surface area (Å²) in [6, 6.07) is 2.54. The van der Waals surface area contributed by atoms with Crippen molar-refractivity contribution in [2.45, 2.75) is 32.2 Å². The van der Waals surface area contributed by atoms with Gasteiger partial charge in [-0.15, -0.1) is 0 Å². The first-order chi connectivity index (χ1) is 9.17. The Morgan fingerprint density at radius 2 is 2.11 bits per heavy atom.